The van der Waals surface area contributed by atoms with Crippen molar-refractivity contribution in [1.29, 1.82) is 0 Å². The van der Waals surface area contributed by atoms with E-state index in [1.165, 1.54) is 6.92 Å². The molecule has 1 aliphatic rings. The number of ether oxygens (including phenoxy) is 1. The Labute approximate surface area is 155 Å². The topological polar surface area (TPSA) is 105 Å². The number of carboxylic acid groups (broad SMARTS) is 1. The van der Waals surface area contributed by atoms with Crippen molar-refractivity contribution in [3.8, 4) is 0 Å². The zero-order valence-corrected chi connectivity index (χ0v) is 16.2. The lowest BCUT2D eigenvalue weighted by atomic mass is 9.87. The average Bonchev–Trinajstić information content (AvgIpc) is 2.59. The van der Waals surface area contributed by atoms with Gasteiger partial charge in [-0.05, 0) is 25.3 Å². The van der Waals surface area contributed by atoms with Gasteiger partial charge in [0.05, 0.1) is 24.3 Å². The first kappa shape index (κ1) is 22.2. The van der Waals surface area contributed by atoms with Crippen LogP contribution in [0.4, 0.5) is 0 Å². The van der Waals surface area contributed by atoms with Gasteiger partial charge < -0.3 is 20.5 Å². The molecule has 3 atom stereocenters. The quantitative estimate of drug-likeness (QED) is 0.548. The number of unbranched alkanes of at least 4 members (excludes halogenated alkanes) is 1. The van der Waals surface area contributed by atoms with Gasteiger partial charge in [-0.1, -0.05) is 27.2 Å². The van der Waals surface area contributed by atoms with Crippen LogP contribution in [0.25, 0.3) is 0 Å². The van der Waals surface area contributed by atoms with E-state index in [0.29, 0.717) is 6.42 Å². The molecule has 0 aromatic heterocycles. The van der Waals surface area contributed by atoms with Gasteiger partial charge in [-0.3, -0.25) is 9.59 Å². The zero-order chi connectivity index (χ0) is 19.7. The molecule has 7 heteroatoms. The lowest BCUT2D eigenvalue weighted by Crippen LogP contribution is -2.59. The maximum atomic E-state index is 12.2. The third kappa shape index (κ3) is 6.78. The summed E-state index contributed by atoms with van der Waals surface area (Å²) in [5.74, 6) is -1.41. The predicted molar refractivity (Wildman–Crippen MR) is 98.6 cm³/mol. The van der Waals surface area contributed by atoms with Gasteiger partial charge in [0.15, 0.2) is 0 Å². The van der Waals surface area contributed by atoms with Crippen molar-refractivity contribution in [3.05, 3.63) is 11.6 Å². The lowest BCUT2D eigenvalue weighted by molar-refractivity contribution is -0.134. The highest BCUT2D eigenvalue weighted by molar-refractivity contribution is 5.87. The van der Waals surface area contributed by atoms with Crippen molar-refractivity contribution in [2.24, 2.45) is 0 Å². The van der Waals surface area contributed by atoms with Crippen LogP contribution in [0.1, 0.15) is 66.2 Å². The van der Waals surface area contributed by atoms with E-state index in [4.69, 9.17) is 4.74 Å². The van der Waals surface area contributed by atoms with E-state index in [-0.39, 0.29) is 29.9 Å². The van der Waals surface area contributed by atoms with Gasteiger partial charge in [0.25, 0.3) is 0 Å². The maximum absolute atomic E-state index is 12.2. The molecule has 148 valence electrons. The zero-order valence-electron chi connectivity index (χ0n) is 16.2. The number of carboxylic acids is 1. The number of nitrogens with one attached hydrogen (secondary N) is 2. The molecule has 0 heterocycles. The van der Waals surface area contributed by atoms with Crippen molar-refractivity contribution in [3.63, 3.8) is 0 Å². The molecule has 0 radical (unpaired) electrons. The summed E-state index contributed by atoms with van der Waals surface area (Å²) in [6.07, 6.45) is 4.68. The Hall–Kier alpha value is -1.89. The third-order valence-electron chi connectivity index (χ3n) is 4.60. The maximum Gasteiger partial charge on any atom is 0.331 e. The van der Waals surface area contributed by atoms with Gasteiger partial charge in [0, 0.05) is 25.3 Å². The smallest absolute Gasteiger partial charge is 0.331 e. The molecule has 0 aromatic rings. The van der Waals surface area contributed by atoms with E-state index in [2.05, 4.69) is 10.6 Å². The number of carbonyl (C=O) groups excluding carboxylic acids is 2. The van der Waals surface area contributed by atoms with Crippen LogP contribution >= 0.6 is 0 Å². The van der Waals surface area contributed by atoms with Crippen LogP contribution in [-0.4, -0.2) is 47.2 Å². The number of carbonyl (C=O) groups is 3. The molecule has 26 heavy (non-hydrogen) atoms. The normalized spacial score (nSPS) is 22.7. The SMILES string of the molecule is CCCCC(=O)N[C@H]1CC(C(=O)O)=C[C@@H](OC(CC)CC)[C@@H]1NC(C)=O. The van der Waals surface area contributed by atoms with Gasteiger partial charge in [0.1, 0.15) is 0 Å². The Morgan fingerprint density at radius 3 is 2.38 bits per heavy atom. The monoisotopic (exact) mass is 368 g/mol. The van der Waals surface area contributed by atoms with Gasteiger partial charge >= 0.3 is 5.97 Å². The molecule has 0 aromatic carbocycles. The van der Waals surface area contributed by atoms with E-state index >= 15 is 0 Å². The second-order valence-corrected chi connectivity index (χ2v) is 6.74. The second kappa shape index (κ2) is 11.0. The summed E-state index contributed by atoms with van der Waals surface area (Å²) in [6, 6.07) is -1.01. The molecule has 1 rings (SSSR count). The first-order chi connectivity index (χ1) is 12.3. The fourth-order valence-electron chi connectivity index (χ4n) is 3.12. The molecule has 2 amide bonds. The number of aliphatic carboxylic acids is 1. The lowest BCUT2D eigenvalue weighted by Gasteiger charge is -2.38. The molecular formula is C19H32N2O5. The molecule has 0 saturated carbocycles. The van der Waals surface area contributed by atoms with Crippen molar-refractivity contribution < 1.29 is 24.2 Å². The summed E-state index contributed by atoms with van der Waals surface area (Å²) >= 11 is 0. The van der Waals surface area contributed by atoms with Crippen LogP contribution in [0.2, 0.25) is 0 Å². The van der Waals surface area contributed by atoms with Crippen LogP contribution < -0.4 is 10.6 Å². The largest absolute Gasteiger partial charge is 0.478 e. The van der Waals surface area contributed by atoms with Crippen LogP contribution in [0.5, 0.6) is 0 Å². The first-order valence-electron chi connectivity index (χ1n) is 9.48. The average molecular weight is 368 g/mol. The Kier molecular flexibility index (Phi) is 9.34. The summed E-state index contributed by atoms with van der Waals surface area (Å²) < 4.78 is 6.07. The van der Waals surface area contributed by atoms with Gasteiger partial charge in [-0.15, -0.1) is 0 Å². The minimum atomic E-state index is -1.03. The summed E-state index contributed by atoms with van der Waals surface area (Å²) in [7, 11) is 0. The summed E-state index contributed by atoms with van der Waals surface area (Å²) in [4.78, 5) is 35.4. The van der Waals surface area contributed by atoms with Crippen LogP contribution in [-0.2, 0) is 19.1 Å². The summed E-state index contributed by atoms with van der Waals surface area (Å²) in [5, 5.41) is 15.2. The molecule has 0 unspecified atom stereocenters. The number of amides is 2. The summed E-state index contributed by atoms with van der Waals surface area (Å²) in [5.41, 5.74) is 0.198. The predicted octanol–water partition coefficient (Wildman–Crippen LogP) is 2.15. The molecule has 1 aliphatic carbocycles. The van der Waals surface area contributed by atoms with Crippen molar-refractivity contribution in [2.75, 3.05) is 0 Å². The molecule has 0 aliphatic heterocycles. The molecule has 3 N–H and O–H groups in total. The Bertz CT molecular complexity index is 528. The molecular weight excluding hydrogens is 336 g/mol. The Balaban J connectivity index is 3.07. The van der Waals surface area contributed by atoms with E-state index in [9.17, 15) is 19.5 Å². The van der Waals surface area contributed by atoms with Crippen LogP contribution in [0.15, 0.2) is 11.6 Å². The highest BCUT2D eigenvalue weighted by Gasteiger charge is 2.38. The van der Waals surface area contributed by atoms with Gasteiger partial charge in [-0.25, -0.2) is 4.79 Å². The Morgan fingerprint density at radius 1 is 1.23 bits per heavy atom. The first-order valence-corrected chi connectivity index (χ1v) is 9.48. The molecule has 7 nitrogen and oxygen atoms in total. The van der Waals surface area contributed by atoms with Crippen molar-refractivity contribution in [1.82, 2.24) is 10.6 Å². The number of hydrogen-bond donors (Lipinski definition) is 3. The van der Waals surface area contributed by atoms with Crippen LogP contribution in [0, 0.1) is 0 Å². The van der Waals surface area contributed by atoms with Crippen molar-refractivity contribution in [2.45, 2.75) is 90.5 Å². The van der Waals surface area contributed by atoms with Gasteiger partial charge in [0.2, 0.25) is 11.8 Å². The van der Waals surface area contributed by atoms with Crippen LogP contribution in [0.3, 0.4) is 0 Å². The van der Waals surface area contributed by atoms with Crippen molar-refractivity contribution >= 4 is 17.8 Å². The Morgan fingerprint density at radius 2 is 1.88 bits per heavy atom. The van der Waals surface area contributed by atoms with Gasteiger partial charge in [-0.2, -0.15) is 0 Å². The third-order valence-corrected chi connectivity index (χ3v) is 4.60. The van der Waals surface area contributed by atoms with E-state index in [0.717, 1.165) is 25.7 Å². The number of hydrogen-bond acceptors (Lipinski definition) is 4. The second-order valence-electron chi connectivity index (χ2n) is 6.74. The fourth-order valence-corrected chi connectivity index (χ4v) is 3.12. The molecule has 0 fully saturated rings. The summed E-state index contributed by atoms with van der Waals surface area (Å²) in [6.45, 7) is 7.39. The minimum Gasteiger partial charge on any atom is -0.478 e. The van der Waals surface area contributed by atoms with E-state index in [1.54, 1.807) is 6.08 Å². The highest BCUT2D eigenvalue weighted by Crippen LogP contribution is 2.24. The molecule has 0 saturated heterocycles. The standard InChI is InChI=1S/C19H32N2O5/c1-5-8-9-17(23)21-15-10-13(19(24)25)11-16(18(15)20-12(4)22)26-14(6-2)7-3/h11,14-16,18H,5-10H2,1-4H3,(H,20,22)(H,21,23)(H,24,25)/t15-,16+,18+/m0/s1. The number of rotatable bonds is 10. The molecule has 0 bridgehead atoms. The minimum absolute atomic E-state index is 0.0444. The fraction of sp³-hybridized carbons (Fsp3) is 0.737. The van der Waals surface area contributed by atoms with E-state index < -0.39 is 24.2 Å². The molecule has 0 spiro atoms. The highest BCUT2D eigenvalue weighted by atomic mass is 16.5. The van der Waals surface area contributed by atoms with E-state index in [1.807, 2.05) is 20.8 Å².